The van der Waals surface area contributed by atoms with Gasteiger partial charge in [-0.15, -0.1) is 0 Å². The van der Waals surface area contributed by atoms with Gasteiger partial charge >= 0.3 is 0 Å². The summed E-state index contributed by atoms with van der Waals surface area (Å²) >= 11 is 0. The number of benzene rings is 2. The van der Waals surface area contributed by atoms with Gasteiger partial charge in [0.2, 0.25) is 0 Å². The summed E-state index contributed by atoms with van der Waals surface area (Å²) in [4.78, 5) is 11.9. The number of aryl methyl sites for hydroxylation is 1. The van der Waals surface area contributed by atoms with Crippen LogP contribution in [0.2, 0.25) is 0 Å². The number of hydroxylamine groups is 1. The van der Waals surface area contributed by atoms with Gasteiger partial charge in [-0.1, -0.05) is 48.5 Å². The highest BCUT2D eigenvalue weighted by molar-refractivity contribution is 7.92. The fourth-order valence-electron chi connectivity index (χ4n) is 3.04. The average molecular weight is 422 g/mol. The van der Waals surface area contributed by atoms with Gasteiger partial charge in [-0.2, -0.15) is 0 Å². The molecule has 0 aliphatic heterocycles. The van der Waals surface area contributed by atoms with E-state index in [0.717, 1.165) is 28.5 Å². The Balaban J connectivity index is 2.13. The van der Waals surface area contributed by atoms with E-state index in [4.69, 9.17) is 9.94 Å². The SMILES string of the molecule is COC(CO)c1ccc(-c2ccc(CCC(C)(C(=O)NO)S(C)(=O)=O)cc2)cc1. The van der Waals surface area contributed by atoms with Gasteiger partial charge in [-0.05, 0) is 42.0 Å². The van der Waals surface area contributed by atoms with Crippen LogP contribution in [0.4, 0.5) is 0 Å². The van der Waals surface area contributed by atoms with E-state index in [1.807, 2.05) is 48.5 Å². The van der Waals surface area contributed by atoms with E-state index in [0.29, 0.717) is 6.42 Å². The van der Waals surface area contributed by atoms with Crippen LogP contribution < -0.4 is 5.48 Å². The molecule has 29 heavy (non-hydrogen) atoms. The highest BCUT2D eigenvalue weighted by Gasteiger charge is 2.43. The number of sulfone groups is 1. The molecule has 0 spiro atoms. The number of hydrogen-bond donors (Lipinski definition) is 3. The smallest absolute Gasteiger partial charge is 0.264 e. The first-order chi connectivity index (χ1) is 13.7. The van der Waals surface area contributed by atoms with Crippen molar-refractivity contribution >= 4 is 15.7 Å². The lowest BCUT2D eigenvalue weighted by Crippen LogP contribution is -2.49. The summed E-state index contributed by atoms with van der Waals surface area (Å²) in [5, 5.41) is 18.2. The van der Waals surface area contributed by atoms with Gasteiger partial charge in [-0.25, -0.2) is 13.9 Å². The second kappa shape index (κ2) is 9.49. The molecule has 0 heterocycles. The Morgan fingerprint density at radius 2 is 1.62 bits per heavy atom. The van der Waals surface area contributed by atoms with Gasteiger partial charge in [0.1, 0.15) is 10.9 Å². The van der Waals surface area contributed by atoms with Gasteiger partial charge in [0.05, 0.1) is 6.61 Å². The van der Waals surface area contributed by atoms with Crippen molar-refractivity contribution in [2.75, 3.05) is 20.0 Å². The highest BCUT2D eigenvalue weighted by Crippen LogP contribution is 2.26. The van der Waals surface area contributed by atoms with E-state index in [-0.39, 0.29) is 19.1 Å². The first kappa shape index (κ1) is 23.0. The number of methoxy groups -OCH3 is 1. The summed E-state index contributed by atoms with van der Waals surface area (Å²) in [6.45, 7) is 1.22. The number of aliphatic hydroxyl groups is 1. The zero-order valence-electron chi connectivity index (χ0n) is 16.8. The largest absolute Gasteiger partial charge is 0.393 e. The molecule has 2 atom stereocenters. The Kier molecular flexibility index (Phi) is 7.54. The maximum Gasteiger partial charge on any atom is 0.264 e. The van der Waals surface area contributed by atoms with Crippen LogP contribution in [-0.2, 0) is 25.8 Å². The molecule has 8 heteroatoms. The normalized spacial score (nSPS) is 14.8. The summed E-state index contributed by atoms with van der Waals surface area (Å²) < 4.78 is 27.6. The third kappa shape index (κ3) is 5.22. The number of hydrogen-bond acceptors (Lipinski definition) is 6. The van der Waals surface area contributed by atoms with E-state index < -0.39 is 20.5 Å². The van der Waals surface area contributed by atoms with Crippen molar-refractivity contribution in [1.82, 2.24) is 5.48 Å². The monoisotopic (exact) mass is 421 g/mol. The summed E-state index contributed by atoms with van der Waals surface area (Å²) in [6, 6.07) is 15.3. The molecule has 2 rings (SSSR count). The van der Waals surface area contributed by atoms with E-state index >= 15 is 0 Å². The second-order valence-corrected chi connectivity index (χ2v) is 9.62. The molecule has 0 saturated carbocycles. The zero-order chi connectivity index (χ0) is 21.7. The standard InChI is InChI=1S/C21H27NO6S/c1-21(20(24)22-25,29(3,26)27)13-12-15-4-6-16(7-5-15)17-8-10-18(11-9-17)19(14-23)28-2/h4-11,19,23,25H,12-14H2,1-3H3,(H,22,24). The molecule has 7 nitrogen and oxygen atoms in total. The molecular weight excluding hydrogens is 394 g/mol. The molecule has 0 fully saturated rings. The van der Waals surface area contributed by atoms with Crippen LogP contribution in [0.5, 0.6) is 0 Å². The number of aliphatic hydroxyl groups excluding tert-OH is 1. The van der Waals surface area contributed by atoms with Crippen LogP contribution in [0.1, 0.15) is 30.6 Å². The minimum Gasteiger partial charge on any atom is -0.393 e. The quantitative estimate of drug-likeness (QED) is 0.423. The third-order valence-corrected chi connectivity index (χ3v) is 7.34. The first-order valence-corrected chi connectivity index (χ1v) is 11.0. The van der Waals surface area contributed by atoms with Crippen molar-refractivity contribution in [3.05, 3.63) is 59.7 Å². The van der Waals surface area contributed by atoms with Crippen molar-refractivity contribution in [2.45, 2.75) is 30.6 Å². The van der Waals surface area contributed by atoms with Gasteiger partial charge in [-0.3, -0.25) is 10.0 Å². The molecule has 0 radical (unpaired) electrons. The van der Waals surface area contributed by atoms with Gasteiger partial charge in [0, 0.05) is 13.4 Å². The lowest BCUT2D eigenvalue weighted by atomic mass is 9.97. The third-order valence-electron chi connectivity index (χ3n) is 5.31. The molecule has 0 aromatic heterocycles. The van der Waals surface area contributed by atoms with Gasteiger partial charge in [0.15, 0.2) is 9.84 Å². The van der Waals surface area contributed by atoms with E-state index in [1.165, 1.54) is 12.4 Å². The van der Waals surface area contributed by atoms with Crippen LogP contribution in [-0.4, -0.2) is 49.4 Å². The highest BCUT2D eigenvalue weighted by atomic mass is 32.2. The molecule has 2 aromatic carbocycles. The maximum atomic E-state index is 12.0. The molecule has 0 aliphatic carbocycles. The van der Waals surface area contributed by atoms with Crippen LogP contribution in [0.15, 0.2) is 48.5 Å². The van der Waals surface area contributed by atoms with E-state index in [2.05, 4.69) is 0 Å². The molecule has 0 bridgehead atoms. The molecular formula is C21H27NO6S. The molecule has 1 amide bonds. The Labute approximate surface area is 171 Å². The number of rotatable bonds is 9. The minimum absolute atomic E-state index is 0.0475. The van der Waals surface area contributed by atoms with Crippen molar-refractivity contribution in [1.29, 1.82) is 0 Å². The molecule has 0 aliphatic rings. The molecule has 0 saturated heterocycles. The summed E-state index contributed by atoms with van der Waals surface area (Å²) in [6.07, 6.45) is 1.04. The lowest BCUT2D eigenvalue weighted by molar-refractivity contribution is -0.131. The summed E-state index contributed by atoms with van der Waals surface area (Å²) in [7, 11) is -2.16. The minimum atomic E-state index is -3.71. The number of ether oxygens (including phenoxy) is 1. The molecule has 2 aromatic rings. The van der Waals surface area contributed by atoms with Crippen molar-refractivity contribution in [3.8, 4) is 11.1 Å². The number of amides is 1. The predicted octanol–water partition coefficient (Wildman–Crippen LogP) is 2.27. The molecule has 158 valence electrons. The van der Waals surface area contributed by atoms with Crippen LogP contribution in [0, 0.1) is 0 Å². The van der Waals surface area contributed by atoms with E-state index in [1.54, 1.807) is 7.11 Å². The topological polar surface area (TPSA) is 113 Å². The summed E-state index contributed by atoms with van der Waals surface area (Å²) in [5.74, 6) is -0.936. The van der Waals surface area contributed by atoms with Crippen LogP contribution in [0.25, 0.3) is 11.1 Å². The first-order valence-electron chi connectivity index (χ1n) is 9.13. The lowest BCUT2D eigenvalue weighted by Gasteiger charge is -2.25. The predicted molar refractivity (Wildman–Crippen MR) is 110 cm³/mol. The fourth-order valence-corrected chi connectivity index (χ4v) is 3.89. The summed E-state index contributed by atoms with van der Waals surface area (Å²) in [5.41, 5.74) is 5.20. The Hall–Kier alpha value is -2.26. The number of nitrogens with one attached hydrogen (secondary N) is 1. The van der Waals surface area contributed by atoms with Crippen molar-refractivity contribution in [2.24, 2.45) is 0 Å². The van der Waals surface area contributed by atoms with Gasteiger partial charge < -0.3 is 9.84 Å². The van der Waals surface area contributed by atoms with Crippen LogP contribution in [0.3, 0.4) is 0 Å². The Morgan fingerprint density at radius 1 is 1.10 bits per heavy atom. The van der Waals surface area contributed by atoms with Crippen LogP contribution >= 0.6 is 0 Å². The van der Waals surface area contributed by atoms with E-state index in [9.17, 15) is 18.3 Å². The molecule has 3 N–H and O–H groups in total. The van der Waals surface area contributed by atoms with Gasteiger partial charge in [0.25, 0.3) is 5.91 Å². The van der Waals surface area contributed by atoms with Crippen molar-refractivity contribution < 1.29 is 28.3 Å². The number of carbonyl (C=O) groups excluding carboxylic acids is 1. The maximum absolute atomic E-state index is 12.0. The number of carbonyl (C=O) groups is 1. The second-order valence-electron chi connectivity index (χ2n) is 7.17. The fraction of sp³-hybridized carbons (Fsp3) is 0.381. The van der Waals surface area contributed by atoms with Crippen molar-refractivity contribution in [3.63, 3.8) is 0 Å². The Bertz CT molecular complexity index is 921. The average Bonchev–Trinajstić information content (AvgIpc) is 2.72. The Morgan fingerprint density at radius 3 is 2.03 bits per heavy atom. The zero-order valence-corrected chi connectivity index (χ0v) is 17.6. The molecule has 2 unspecified atom stereocenters.